The summed E-state index contributed by atoms with van der Waals surface area (Å²) < 4.78 is 37.2. The molecule has 4 nitrogen and oxygen atoms in total. The first-order valence-electron chi connectivity index (χ1n) is 7.55. The van der Waals surface area contributed by atoms with Gasteiger partial charge >= 0.3 is 0 Å². The van der Waals surface area contributed by atoms with Crippen molar-refractivity contribution >= 4 is 15.7 Å². The Morgan fingerprint density at radius 2 is 1.67 bits per heavy atom. The molecular weight excluding hydrogens is 329 g/mol. The summed E-state index contributed by atoms with van der Waals surface area (Å²) in [4.78, 5) is 12.5. The third-order valence-electron chi connectivity index (χ3n) is 3.75. The highest BCUT2D eigenvalue weighted by molar-refractivity contribution is 7.90. The number of hydrogen-bond acceptors (Lipinski definition) is 3. The second-order valence-corrected chi connectivity index (χ2v) is 7.99. The topological polar surface area (TPSA) is 63.2 Å². The Hall–Kier alpha value is -2.21. The van der Waals surface area contributed by atoms with Crippen molar-refractivity contribution < 1.29 is 17.6 Å². The maximum Gasteiger partial charge on any atom is 0.227 e. The molecule has 0 aliphatic heterocycles. The quantitative estimate of drug-likeness (QED) is 0.872. The molecule has 0 radical (unpaired) electrons. The Balaban J connectivity index is 2.23. The molecule has 1 amide bonds. The van der Waals surface area contributed by atoms with Crippen LogP contribution in [0.15, 0.2) is 54.6 Å². The summed E-state index contributed by atoms with van der Waals surface area (Å²) in [5.41, 5.74) is 0.971. The monoisotopic (exact) mass is 349 g/mol. The summed E-state index contributed by atoms with van der Waals surface area (Å²) >= 11 is 0. The number of rotatable bonds is 6. The third kappa shape index (κ3) is 4.89. The standard InChI is InChI=1S/C18H20FNO3S/c1-13(15-10-6-7-11-16(15)19)18(21)20-17(12-24(2,22)23)14-8-4-3-5-9-14/h3-11,13,17H,12H2,1-2H3,(H,20,21). The number of benzene rings is 2. The lowest BCUT2D eigenvalue weighted by Crippen LogP contribution is -2.35. The number of carbonyl (C=O) groups is 1. The second-order valence-electron chi connectivity index (χ2n) is 5.81. The van der Waals surface area contributed by atoms with Crippen LogP contribution in [0.3, 0.4) is 0 Å². The van der Waals surface area contributed by atoms with Crippen LogP contribution >= 0.6 is 0 Å². The van der Waals surface area contributed by atoms with Gasteiger partial charge in [0, 0.05) is 6.26 Å². The van der Waals surface area contributed by atoms with E-state index in [0.717, 1.165) is 6.26 Å². The molecule has 0 saturated heterocycles. The van der Waals surface area contributed by atoms with Gasteiger partial charge in [-0.2, -0.15) is 0 Å². The molecule has 6 heteroatoms. The number of halogens is 1. The Labute approximate surface area is 141 Å². The summed E-state index contributed by atoms with van der Waals surface area (Å²) in [5, 5.41) is 2.73. The molecule has 2 aromatic carbocycles. The molecule has 2 unspecified atom stereocenters. The Morgan fingerprint density at radius 3 is 2.25 bits per heavy atom. The molecule has 0 spiro atoms. The van der Waals surface area contributed by atoms with E-state index in [0.29, 0.717) is 5.56 Å². The first kappa shape index (κ1) is 18.1. The average Bonchev–Trinajstić information content (AvgIpc) is 2.53. The largest absolute Gasteiger partial charge is 0.348 e. The molecule has 1 N–H and O–H groups in total. The Bertz CT molecular complexity index is 806. The van der Waals surface area contributed by atoms with Crippen LogP contribution in [0.2, 0.25) is 0 Å². The van der Waals surface area contributed by atoms with Gasteiger partial charge in [0.25, 0.3) is 0 Å². The van der Waals surface area contributed by atoms with Gasteiger partial charge in [0.05, 0.1) is 17.7 Å². The van der Waals surface area contributed by atoms with E-state index in [1.165, 1.54) is 6.07 Å². The van der Waals surface area contributed by atoms with Gasteiger partial charge in [-0.05, 0) is 24.1 Å². The summed E-state index contributed by atoms with van der Waals surface area (Å²) in [7, 11) is -3.30. The van der Waals surface area contributed by atoms with Crippen molar-refractivity contribution in [1.82, 2.24) is 5.32 Å². The maximum absolute atomic E-state index is 13.9. The number of sulfone groups is 1. The molecule has 0 heterocycles. The normalized spacial score (nSPS) is 14.0. The van der Waals surface area contributed by atoms with Crippen LogP contribution in [-0.4, -0.2) is 26.3 Å². The van der Waals surface area contributed by atoms with Gasteiger partial charge in [-0.15, -0.1) is 0 Å². The van der Waals surface area contributed by atoms with Crippen LogP contribution < -0.4 is 5.32 Å². The minimum absolute atomic E-state index is 0.216. The smallest absolute Gasteiger partial charge is 0.227 e. The van der Waals surface area contributed by atoms with E-state index in [1.54, 1.807) is 49.4 Å². The number of carbonyl (C=O) groups excluding carboxylic acids is 1. The lowest BCUT2D eigenvalue weighted by molar-refractivity contribution is -0.122. The lowest BCUT2D eigenvalue weighted by Gasteiger charge is -2.21. The molecule has 0 aliphatic rings. The van der Waals surface area contributed by atoms with E-state index in [4.69, 9.17) is 0 Å². The lowest BCUT2D eigenvalue weighted by atomic mass is 9.99. The fourth-order valence-electron chi connectivity index (χ4n) is 2.47. The molecule has 0 fully saturated rings. The van der Waals surface area contributed by atoms with Crippen molar-refractivity contribution in [2.45, 2.75) is 18.9 Å². The van der Waals surface area contributed by atoms with E-state index >= 15 is 0 Å². The number of amides is 1. The van der Waals surface area contributed by atoms with Gasteiger partial charge in [0.1, 0.15) is 15.7 Å². The highest BCUT2D eigenvalue weighted by Gasteiger charge is 2.24. The maximum atomic E-state index is 13.9. The summed E-state index contributed by atoms with van der Waals surface area (Å²) in [6.07, 6.45) is 1.12. The first-order valence-corrected chi connectivity index (χ1v) is 9.61. The van der Waals surface area contributed by atoms with Crippen molar-refractivity contribution in [3.8, 4) is 0 Å². The zero-order chi connectivity index (χ0) is 17.7. The van der Waals surface area contributed by atoms with Gasteiger partial charge in [0.2, 0.25) is 5.91 Å². The highest BCUT2D eigenvalue weighted by Crippen LogP contribution is 2.21. The van der Waals surface area contributed by atoms with Gasteiger partial charge in [-0.3, -0.25) is 4.79 Å². The van der Waals surface area contributed by atoms with E-state index in [9.17, 15) is 17.6 Å². The summed E-state index contributed by atoms with van der Waals surface area (Å²) in [6, 6.07) is 14.3. The van der Waals surface area contributed by atoms with E-state index in [1.807, 2.05) is 6.07 Å². The van der Waals surface area contributed by atoms with E-state index in [-0.39, 0.29) is 11.3 Å². The Morgan fingerprint density at radius 1 is 1.08 bits per heavy atom. The summed E-state index contributed by atoms with van der Waals surface area (Å²) in [6.45, 7) is 1.59. The van der Waals surface area contributed by atoms with Crippen molar-refractivity contribution in [1.29, 1.82) is 0 Å². The number of hydrogen-bond donors (Lipinski definition) is 1. The van der Waals surface area contributed by atoms with Gasteiger partial charge in [-0.25, -0.2) is 12.8 Å². The fourth-order valence-corrected chi connectivity index (χ4v) is 3.35. The summed E-state index contributed by atoms with van der Waals surface area (Å²) in [5.74, 6) is -1.82. The first-order chi connectivity index (χ1) is 11.3. The average molecular weight is 349 g/mol. The van der Waals surface area contributed by atoms with Gasteiger partial charge < -0.3 is 5.32 Å². The SMILES string of the molecule is CC(C(=O)NC(CS(C)(=O)=O)c1ccccc1)c1ccccc1F. The zero-order valence-electron chi connectivity index (χ0n) is 13.6. The molecule has 2 aromatic rings. The molecule has 0 aliphatic carbocycles. The van der Waals surface area contributed by atoms with Crippen LogP contribution in [0.1, 0.15) is 30.0 Å². The van der Waals surface area contributed by atoms with Gasteiger partial charge in [-0.1, -0.05) is 48.5 Å². The Kier molecular flexibility index (Phi) is 5.72. The minimum Gasteiger partial charge on any atom is -0.348 e. The second kappa shape index (κ2) is 7.57. The molecule has 24 heavy (non-hydrogen) atoms. The van der Waals surface area contributed by atoms with Crippen LogP contribution in [0.4, 0.5) is 4.39 Å². The predicted molar refractivity (Wildman–Crippen MR) is 91.9 cm³/mol. The van der Waals surface area contributed by atoms with Crippen molar-refractivity contribution in [2.24, 2.45) is 0 Å². The van der Waals surface area contributed by atoms with Crippen LogP contribution in [0.5, 0.6) is 0 Å². The molecular formula is C18H20FNO3S. The molecule has 2 atom stereocenters. The van der Waals surface area contributed by atoms with Crippen LogP contribution in [0.25, 0.3) is 0 Å². The zero-order valence-corrected chi connectivity index (χ0v) is 14.4. The molecule has 0 saturated carbocycles. The molecule has 128 valence electrons. The minimum atomic E-state index is -3.30. The predicted octanol–water partition coefficient (Wildman–Crippen LogP) is 2.83. The van der Waals surface area contributed by atoms with E-state index in [2.05, 4.69) is 5.32 Å². The van der Waals surface area contributed by atoms with Crippen molar-refractivity contribution in [3.05, 3.63) is 71.5 Å². The number of nitrogens with one attached hydrogen (secondary N) is 1. The van der Waals surface area contributed by atoms with Crippen molar-refractivity contribution in [2.75, 3.05) is 12.0 Å². The fraction of sp³-hybridized carbons (Fsp3) is 0.278. The molecule has 0 aromatic heterocycles. The molecule has 0 bridgehead atoms. The van der Waals surface area contributed by atoms with Crippen molar-refractivity contribution in [3.63, 3.8) is 0 Å². The van der Waals surface area contributed by atoms with Crippen LogP contribution in [-0.2, 0) is 14.6 Å². The van der Waals surface area contributed by atoms with Gasteiger partial charge in [0.15, 0.2) is 0 Å². The van der Waals surface area contributed by atoms with Crippen LogP contribution in [0, 0.1) is 5.82 Å². The van der Waals surface area contributed by atoms with E-state index < -0.39 is 33.5 Å². The third-order valence-corrected chi connectivity index (χ3v) is 4.69. The molecule has 2 rings (SSSR count). The highest BCUT2D eigenvalue weighted by atomic mass is 32.2.